The Bertz CT molecular complexity index is 3380. The number of carbonyl (C=O) groups excluding carboxylic acids is 13. The average Bonchev–Trinajstić information content (AvgIpc) is 0.723. The van der Waals surface area contributed by atoms with Gasteiger partial charge in [0.25, 0.3) is 5.91 Å². The molecule has 0 unspecified atom stereocenters. The highest BCUT2D eigenvalue weighted by Gasteiger charge is 2.57. The van der Waals surface area contributed by atoms with Crippen LogP contribution in [0.1, 0.15) is 147 Å². The van der Waals surface area contributed by atoms with E-state index in [1.807, 2.05) is 0 Å². The number of ether oxygens (including phenoxy) is 15. The van der Waals surface area contributed by atoms with Gasteiger partial charge in [0.05, 0.1) is 50.0 Å². The number of hydrogen-bond acceptors (Lipinski definition) is 28. The zero-order valence-corrected chi connectivity index (χ0v) is 49.2. The quantitative estimate of drug-likeness (QED) is 0.0848. The second kappa shape index (κ2) is 27.0. The molecule has 2 aliphatic heterocycles. The molecule has 29 nitrogen and oxygen atoms in total. The Morgan fingerprint density at radius 2 is 1.05 bits per heavy atom. The summed E-state index contributed by atoms with van der Waals surface area (Å²) < 4.78 is 87.5. The van der Waals surface area contributed by atoms with Crippen LogP contribution in [0.2, 0.25) is 0 Å². The van der Waals surface area contributed by atoms with E-state index in [1.54, 1.807) is 0 Å². The molecule has 2 fully saturated rings. The number of aryl methyl sites for hydroxylation is 1. The summed E-state index contributed by atoms with van der Waals surface area (Å²) in [6.07, 6.45) is -19.7. The molecule has 1 amide bonds. The predicted octanol–water partition coefficient (Wildman–Crippen LogP) is 3.34. The summed E-state index contributed by atoms with van der Waals surface area (Å²) in [5.74, 6) is -14.5. The van der Waals surface area contributed by atoms with E-state index in [1.165, 1.54) is 27.0 Å². The molecule has 0 saturated carbocycles. The van der Waals surface area contributed by atoms with Crippen molar-refractivity contribution in [2.45, 2.75) is 150 Å². The van der Waals surface area contributed by atoms with Gasteiger partial charge in [-0.3, -0.25) is 62.3 Å². The van der Waals surface area contributed by atoms with Gasteiger partial charge in [0.2, 0.25) is 0 Å². The number of ketones is 2. The van der Waals surface area contributed by atoms with Gasteiger partial charge in [0.15, 0.2) is 72.3 Å². The molecule has 2 heterocycles. The van der Waals surface area contributed by atoms with Crippen molar-refractivity contribution in [2.24, 2.45) is 0 Å². The largest absolute Gasteiger partial charge is 0.497 e. The number of rotatable bonds is 18. The van der Waals surface area contributed by atoms with E-state index in [0.717, 1.165) is 87.6 Å². The second-order valence-electron chi connectivity index (χ2n) is 20.1. The molecule has 3 aromatic rings. The minimum absolute atomic E-state index is 0.0255. The summed E-state index contributed by atoms with van der Waals surface area (Å²) in [7, 11) is 2.35. The van der Waals surface area contributed by atoms with Crippen LogP contribution < -0.4 is 24.3 Å². The number of nitrogens with one attached hydrogen (secondary N) is 1. The van der Waals surface area contributed by atoms with E-state index < -0.39 is 207 Å². The maximum Gasteiger partial charge on any atom is 0.308 e. The number of fused-ring (bicyclic) bond motifs is 5. The predicted molar refractivity (Wildman–Crippen MR) is 284 cm³/mol. The maximum atomic E-state index is 15.2. The molecule has 0 spiro atoms. The van der Waals surface area contributed by atoms with E-state index in [-0.39, 0.29) is 35.4 Å². The first-order valence-electron chi connectivity index (χ1n) is 26.7. The van der Waals surface area contributed by atoms with E-state index >= 15 is 9.59 Å². The summed E-state index contributed by atoms with van der Waals surface area (Å²) in [6, 6.07) is 4.69. The standard InChI is InChI=1S/C58H61NO28/c1-21-16-35-42(51(82-28(8)65)40(21)56(72)59-15-14-39(69)74-13)43-36(19-34-44(52(43)83-29(9)66)46(71)33-17-32(73-12)18-37(77-23(3)60)41(33)45(34)70)48(80-26(6)63)49(35)86-58-55(85-31(11)68)53(47(22(2)76-58)79-25(5)62)87-57-54(84-30(10)67)50(81-27(7)64)38(20-75-57)78-24(4)61/h16-19,22,38,47-50,53-55,57-58H,14-15,20H2,1-13H3,(H,59,72)/t22-,38-,47+,48+,49+,50+,53+,54-,55-,57+,58+/m1/s1. The molecule has 7 rings (SSSR count). The van der Waals surface area contributed by atoms with Gasteiger partial charge < -0.3 is 76.4 Å². The van der Waals surface area contributed by atoms with E-state index in [2.05, 4.69) is 5.32 Å². The summed E-state index contributed by atoms with van der Waals surface area (Å²) in [5.41, 5.74) is -3.88. The number of carbonyl (C=O) groups is 13. The molecule has 0 radical (unpaired) electrons. The van der Waals surface area contributed by atoms with E-state index in [0.29, 0.717) is 0 Å². The minimum Gasteiger partial charge on any atom is -0.497 e. The Hall–Kier alpha value is -9.19. The van der Waals surface area contributed by atoms with Crippen LogP contribution in [-0.2, 0) is 100 Å². The lowest BCUT2D eigenvalue weighted by Gasteiger charge is -2.48. The molecule has 466 valence electrons. The molecule has 4 aliphatic rings. The summed E-state index contributed by atoms with van der Waals surface area (Å²) in [6.45, 7) is 10.8. The number of benzene rings is 3. The lowest BCUT2D eigenvalue weighted by molar-refractivity contribution is -0.355. The summed E-state index contributed by atoms with van der Waals surface area (Å²) in [5, 5.41) is 2.57. The molecule has 11 atom stereocenters. The molecule has 29 heteroatoms. The lowest BCUT2D eigenvalue weighted by atomic mass is 9.73. The monoisotopic (exact) mass is 1220 g/mol. The summed E-state index contributed by atoms with van der Waals surface area (Å²) >= 11 is 0. The first-order valence-corrected chi connectivity index (χ1v) is 26.7. The molecular formula is C58H61NO28. The van der Waals surface area contributed by atoms with E-state index in [4.69, 9.17) is 71.1 Å². The van der Waals surface area contributed by atoms with Crippen molar-refractivity contribution in [3.63, 3.8) is 0 Å². The highest BCUT2D eigenvalue weighted by molar-refractivity contribution is 6.31. The van der Waals surface area contributed by atoms with Crippen LogP contribution in [0, 0.1) is 6.92 Å². The lowest BCUT2D eigenvalue weighted by Crippen LogP contribution is -2.65. The van der Waals surface area contributed by atoms with Crippen molar-refractivity contribution in [2.75, 3.05) is 27.4 Å². The molecule has 1 N–H and O–H groups in total. The zero-order valence-electron chi connectivity index (χ0n) is 49.2. The van der Waals surface area contributed by atoms with Crippen LogP contribution in [0.4, 0.5) is 0 Å². The normalized spacial score (nSPS) is 23.3. The van der Waals surface area contributed by atoms with Gasteiger partial charge in [-0.2, -0.15) is 0 Å². The van der Waals surface area contributed by atoms with Crippen LogP contribution in [0.5, 0.6) is 23.0 Å². The van der Waals surface area contributed by atoms with Crippen LogP contribution in [-0.4, -0.2) is 160 Å². The van der Waals surface area contributed by atoms with Crippen LogP contribution in [0.3, 0.4) is 0 Å². The molecule has 0 bridgehead atoms. The Kier molecular flexibility index (Phi) is 20.3. The summed E-state index contributed by atoms with van der Waals surface area (Å²) in [4.78, 5) is 174. The molecule has 87 heavy (non-hydrogen) atoms. The first kappa shape index (κ1) is 65.4. The average molecular weight is 1220 g/mol. The third-order valence-electron chi connectivity index (χ3n) is 13.5. The van der Waals surface area contributed by atoms with E-state index in [9.17, 15) is 52.7 Å². The highest BCUT2D eigenvalue weighted by atomic mass is 16.8. The van der Waals surface area contributed by atoms with Gasteiger partial charge in [-0.15, -0.1) is 0 Å². The first-order chi connectivity index (χ1) is 41.0. The number of methoxy groups -OCH3 is 2. The zero-order chi connectivity index (χ0) is 64.2. The second-order valence-corrected chi connectivity index (χ2v) is 20.1. The van der Waals surface area contributed by atoms with Crippen molar-refractivity contribution in [1.29, 1.82) is 0 Å². The third kappa shape index (κ3) is 14.2. The molecule has 2 aliphatic carbocycles. The van der Waals surface area contributed by atoms with Crippen molar-refractivity contribution in [3.8, 4) is 34.1 Å². The Morgan fingerprint density at radius 3 is 1.61 bits per heavy atom. The van der Waals surface area contributed by atoms with Gasteiger partial charge in [0.1, 0.15) is 23.7 Å². The SMILES string of the molecule is COC(=O)CCNC(=O)c1c(C)cc2c(c1OC(C)=O)-c1c(cc3c(c1OC(C)=O)C(=O)c1cc(OC)cc(OC(C)=O)c1C3=O)[C@H](OC(C)=O)[C@H]2O[C@@H]1O[C@H](C)[C@H](OC(C)=O)[C@H](O[C@@H]2OC[C@@H](OC(C)=O)[C@H](OC(C)=O)[C@H]2OC(C)=O)[C@H]1OC(C)=O. The molecular weight excluding hydrogens is 1160 g/mol. The molecule has 2 saturated heterocycles. The molecule has 0 aromatic heterocycles. The maximum absolute atomic E-state index is 15.2. The fourth-order valence-electron chi connectivity index (χ4n) is 10.5. The van der Waals surface area contributed by atoms with Crippen LogP contribution >= 0.6 is 0 Å². The number of hydrogen-bond donors (Lipinski definition) is 1. The van der Waals surface area contributed by atoms with Crippen LogP contribution in [0.25, 0.3) is 11.1 Å². The van der Waals surface area contributed by atoms with Crippen molar-refractivity contribution < 1.29 is 133 Å². The fraction of sp³-hybridized carbons (Fsp3) is 0.466. The molecule has 3 aromatic carbocycles. The Balaban J connectivity index is 1.54. The third-order valence-corrected chi connectivity index (χ3v) is 13.5. The Labute approximate surface area is 494 Å². The van der Waals surface area contributed by atoms with Gasteiger partial charge in [-0.25, -0.2) is 0 Å². The topological polar surface area (TPSA) is 372 Å². The highest BCUT2D eigenvalue weighted by Crippen LogP contribution is 2.59. The van der Waals surface area contributed by atoms with Gasteiger partial charge >= 0.3 is 59.7 Å². The van der Waals surface area contributed by atoms with Crippen molar-refractivity contribution in [3.05, 3.63) is 68.8 Å². The number of amides is 1. The van der Waals surface area contributed by atoms with Gasteiger partial charge in [0, 0.05) is 103 Å². The smallest absolute Gasteiger partial charge is 0.308 e. The van der Waals surface area contributed by atoms with Crippen LogP contribution in [0.15, 0.2) is 24.3 Å². The van der Waals surface area contributed by atoms with Gasteiger partial charge in [-0.05, 0) is 37.1 Å². The minimum atomic E-state index is -2.03. The van der Waals surface area contributed by atoms with Gasteiger partial charge in [-0.1, -0.05) is 6.07 Å². The number of esters is 10. The van der Waals surface area contributed by atoms with Crippen molar-refractivity contribution in [1.82, 2.24) is 5.32 Å². The fourth-order valence-corrected chi connectivity index (χ4v) is 10.5. The Morgan fingerprint density at radius 1 is 0.529 bits per heavy atom. The van der Waals surface area contributed by atoms with Crippen molar-refractivity contribution >= 4 is 77.2 Å².